The first-order chi connectivity index (χ1) is 21.9. The molecule has 1 aromatic carbocycles. The number of hydrogen-bond donors (Lipinski definition) is 0. The van der Waals surface area contributed by atoms with Crippen LogP contribution in [0.4, 0.5) is 0 Å². The first kappa shape index (κ1) is 40.6. The molecule has 0 unspecified atom stereocenters. The minimum atomic E-state index is 0.520. The fraction of sp³-hybridized carbons (Fsp3) is 0.818. The minimum absolute atomic E-state index is 0.520. The van der Waals surface area contributed by atoms with Crippen molar-refractivity contribution in [2.24, 2.45) is 0 Å². The zero-order valence-corrected chi connectivity index (χ0v) is 27.3. The van der Waals surface area contributed by atoms with Gasteiger partial charge in [0.05, 0.1) is 126 Å². The van der Waals surface area contributed by atoms with Crippen LogP contribution in [-0.4, -0.2) is 139 Å². The van der Waals surface area contributed by atoms with E-state index in [4.69, 9.17) is 52.1 Å². The van der Waals surface area contributed by atoms with Gasteiger partial charge in [0, 0.05) is 6.61 Å². The molecule has 11 heteroatoms. The molecule has 258 valence electrons. The molecule has 0 saturated heterocycles. The maximum atomic E-state index is 5.56. The Bertz CT molecular complexity index is 654. The lowest BCUT2D eigenvalue weighted by atomic mass is 10.2. The van der Waals surface area contributed by atoms with E-state index in [1.165, 1.54) is 25.7 Å². The normalized spacial score (nSPS) is 11.4. The third-order valence-corrected chi connectivity index (χ3v) is 5.98. The summed E-state index contributed by atoms with van der Waals surface area (Å²) in [4.78, 5) is 0. The van der Waals surface area contributed by atoms with E-state index in [0.717, 1.165) is 18.8 Å². The third-order valence-electron chi connectivity index (χ3n) is 5.98. The van der Waals surface area contributed by atoms with Crippen LogP contribution in [-0.2, 0) is 47.4 Å². The van der Waals surface area contributed by atoms with Crippen LogP contribution in [0.3, 0.4) is 0 Å². The molecule has 0 radical (unpaired) electrons. The van der Waals surface area contributed by atoms with Gasteiger partial charge in [0.2, 0.25) is 0 Å². The van der Waals surface area contributed by atoms with Crippen LogP contribution < -0.4 is 4.74 Å². The lowest BCUT2D eigenvalue weighted by Gasteiger charge is -2.09. The van der Waals surface area contributed by atoms with Crippen LogP contribution in [0.25, 0.3) is 0 Å². The summed E-state index contributed by atoms with van der Waals surface area (Å²) in [6.07, 6.45) is 6.28. The van der Waals surface area contributed by atoms with Gasteiger partial charge in [-0.2, -0.15) is 0 Å². The van der Waals surface area contributed by atoms with Crippen molar-refractivity contribution in [3.05, 3.63) is 30.3 Å². The molecule has 0 spiro atoms. The van der Waals surface area contributed by atoms with Crippen molar-refractivity contribution in [3.63, 3.8) is 0 Å². The Morgan fingerprint density at radius 2 is 0.614 bits per heavy atom. The van der Waals surface area contributed by atoms with Crippen molar-refractivity contribution in [1.29, 1.82) is 0 Å². The number of ether oxygens (including phenoxy) is 11. The summed E-state index contributed by atoms with van der Waals surface area (Å²) in [6, 6.07) is 9.68. The SMILES string of the molecule is CCCCCCCOCCOCCOCCOCCOCCOCCOCCOCCOCCOCCOc1ccccc1. The number of rotatable bonds is 37. The van der Waals surface area contributed by atoms with E-state index in [9.17, 15) is 0 Å². The van der Waals surface area contributed by atoms with Crippen molar-refractivity contribution >= 4 is 0 Å². The number of unbranched alkanes of at least 4 members (excludes halogenated alkanes) is 4. The Kier molecular flexibility index (Phi) is 33.3. The molecule has 0 aliphatic carbocycles. The number of hydrogen-bond acceptors (Lipinski definition) is 11. The maximum Gasteiger partial charge on any atom is 0.119 e. The zero-order chi connectivity index (χ0) is 31.3. The molecule has 1 rings (SSSR count). The second-order valence-corrected chi connectivity index (χ2v) is 9.70. The molecule has 44 heavy (non-hydrogen) atoms. The first-order valence-corrected chi connectivity index (χ1v) is 16.4. The lowest BCUT2D eigenvalue weighted by molar-refractivity contribution is -0.0267. The van der Waals surface area contributed by atoms with Crippen molar-refractivity contribution in [1.82, 2.24) is 0 Å². The van der Waals surface area contributed by atoms with Gasteiger partial charge in [-0.05, 0) is 18.6 Å². The predicted octanol–water partition coefficient (Wildman–Crippen LogP) is 4.20. The Balaban J connectivity index is 1.61. The third kappa shape index (κ3) is 32.0. The predicted molar refractivity (Wildman–Crippen MR) is 169 cm³/mol. The molecular formula is C33H60O11. The van der Waals surface area contributed by atoms with Crippen LogP contribution in [0.15, 0.2) is 30.3 Å². The molecular weight excluding hydrogens is 572 g/mol. The molecule has 0 aliphatic rings. The van der Waals surface area contributed by atoms with Crippen molar-refractivity contribution in [2.75, 3.05) is 139 Å². The van der Waals surface area contributed by atoms with Crippen molar-refractivity contribution in [3.8, 4) is 5.75 Å². The fourth-order valence-electron chi connectivity index (χ4n) is 3.62. The second-order valence-electron chi connectivity index (χ2n) is 9.70. The van der Waals surface area contributed by atoms with E-state index in [1.54, 1.807) is 0 Å². The maximum absolute atomic E-state index is 5.56. The van der Waals surface area contributed by atoms with Gasteiger partial charge in [-0.25, -0.2) is 0 Å². The smallest absolute Gasteiger partial charge is 0.119 e. The average molecular weight is 633 g/mol. The van der Waals surface area contributed by atoms with Crippen LogP contribution in [0.5, 0.6) is 5.75 Å². The first-order valence-electron chi connectivity index (χ1n) is 16.4. The van der Waals surface area contributed by atoms with E-state index in [2.05, 4.69) is 6.92 Å². The van der Waals surface area contributed by atoms with E-state index in [1.807, 2.05) is 30.3 Å². The molecule has 0 aromatic heterocycles. The monoisotopic (exact) mass is 632 g/mol. The van der Waals surface area contributed by atoms with E-state index in [0.29, 0.717) is 132 Å². The van der Waals surface area contributed by atoms with Gasteiger partial charge in [-0.3, -0.25) is 0 Å². The largest absolute Gasteiger partial charge is 0.491 e. The highest BCUT2D eigenvalue weighted by atomic mass is 16.6. The summed E-state index contributed by atoms with van der Waals surface area (Å²) in [7, 11) is 0. The van der Waals surface area contributed by atoms with Gasteiger partial charge in [0.1, 0.15) is 12.4 Å². The lowest BCUT2D eigenvalue weighted by Crippen LogP contribution is -2.15. The molecule has 1 aromatic rings. The molecule has 0 heterocycles. The molecule has 0 aliphatic heterocycles. The highest BCUT2D eigenvalue weighted by Gasteiger charge is 1.97. The summed E-state index contributed by atoms with van der Waals surface area (Å²) in [6.45, 7) is 13.9. The van der Waals surface area contributed by atoms with Crippen LogP contribution in [0.2, 0.25) is 0 Å². The summed E-state index contributed by atoms with van der Waals surface area (Å²) < 4.78 is 60.5. The number of benzene rings is 1. The summed E-state index contributed by atoms with van der Waals surface area (Å²) >= 11 is 0. The Labute approximate surface area is 266 Å². The van der Waals surface area contributed by atoms with Crippen molar-refractivity contribution < 1.29 is 52.1 Å². The molecule has 0 atom stereocenters. The Morgan fingerprint density at radius 1 is 0.318 bits per heavy atom. The van der Waals surface area contributed by atoms with E-state index in [-0.39, 0.29) is 0 Å². The Morgan fingerprint density at radius 3 is 0.955 bits per heavy atom. The van der Waals surface area contributed by atoms with Gasteiger partial charge in [0.25, 0.3) is 0 Å². The van der Waals surface area contributed by atoms with Gasteiger partial charge in [-0.1, -0.05) is 50.8 Å². The molecule has 0 N–H and O–H groups in total. The van der Waals surface area contributed by atoms with Crippen LogP contribution >= 0.6 is 0 Å². The van der Waals surface area contributed by atoms with Gasteiger partial charge >= 0.3 is 0 Å². The summed E-state index contributed by atoms with van der Waals surface area (Å²) in [5.41, 5.74) is 0. The molecule has 0 amide bonds. The molecule has 0 fully saturated rings. The fourth-order valence-corrected chi connectivity index (χ4v) is 3.62. The van der Waals surface area contributed by atoms with E-state index < -0.39 is 0 Å². The highest BCUT2D eigenvalue weighted by molar-refractivity contribution is 5.20. The standard InChI is InChI=1S/C33H60O11/c1-2-3-4-5-9-12-34-13-14-35-15-16-36-17-18-37-19-20-38-21-22-39-23-24-40-25-26-41-27-28-42-29-30-43-31-32-44-33-10-7-6-8-11-33/h6-8,10-11H,2-5,9,12-32H2,1H3. The molecule has 0 saturated carbocycles. The van der Waals surface area contributed by atoms with Gasteiger partial charge < -0.3 is 52.1 Å². The molecule has 11 nitrogen and oxygen atoms in total. The second kappa shape index (κ2) is 36.1. The Hall–Kier alpha value is -1.38. The quantitative estimate of drug-likeness (QED) is 0.0987. The topological polar surface area (TPSA) is 102 Å². The van der Waals surface area contributed by atoms with Crippen LogP contribution in [0.1, 0.15) is 39.0 Å². The average Bonchev–Trinajstić information content (AvgIpc) is 3.05. The van der Waals surface area contributed by atoms with Crippen LogP contribution in [0, 0.1) is 0 Å². The van der Waals surface area contributed by atoms with Crippen molar-refractivity contribution in [2.45, 2.75) is 39.0 Å². The summed E-state index contributed by atoms with van der Waals surface area (Å²) in [5.74, 6) is 0.847. The van der Waals surface area contributed by atoms with Gasteiger partial charge in [-0.15, -0.1) is 0 Å². The summed E-state index contributed by atoms with van der Waals surface area (Å²) in [5, 5.41) is 0. The highest BCUT2D eigenvalue weighted by Crippen LogP contribution is 2.07. The zero-order valence-electron chi connectivity index (χ0n) is 27.3. The number of para-hydroxylation sites is 1. The minimum Gasteiger partial charge on any atom is -0.491 e. The van der Waals surface area contributed by atoms with E-state index >= 15 is 0 Å². The molecule has 0 bridgehead atoms. The van der Waals surface area contributed by atoms with Gasteiger partial charge in [0.15, 0.2) is 0 Å².